The van der Waals surface area contributed by atoms with Gasteiger partial charge in [0.1, 0.15) is 5.82 Å². The number of halogens is 1. The van der Waals surface area contributed by atoms with Crippen LogP contribution in [0.25, 0.3) is 0 Å². The first-order valence-corrected chi connectivity index (χ1v) is 7.95. The van der Waals surface area contributed by atoms with Crippen molar-refractivity contribution in [2.24, 2.45) is 0 Å². The highest BCUT2D eigenvalue weighted by Gasteiger charge is 2.15. The van der Waals surface area contributed by atoms with Gasteiger partial charge in [0.05, 0.1) is 6.54 Å². The molecule has 2 aromatic carbocycles. The van der Waals surface area contributed by atoms with Gasteiger partial charge >= 0.3 is 0 Å². The highest BCUT2D eigenvalue weighted by molar-refractivity contribution is 5.96. The number of carbonyl (C=O) groups is 2. The van der Waals surface area contributed by atoms with Crippen LogP contribution in [0.3, 0.4) is 0 Å². The molecule has 24 heavy (non-hydrogen) atoms. The van der Waals surface area contributed by atoms with Crippen molar-refractivity contribution in [2.45, 2.75) is 19.9 Å². The molecule has 0 aromatic heterocycles. The predicted molar refractivity (Wildman–Crippen MR) is 90.9 cm³/mol. The van der Waals surface area contributed by atoms with Crippen LogP contribution in [0, 0.1) is 5.82 Å². The van der Waals surface area contributed by atoms with Gasteiger partial charge in [-0.3, -0.25) is 9.59 Å². The van der Waals surface area contributed by atoms with E-state index in [9.17, 15) is 14.0 Å². The van der Waals surface area contributed by atoms with Gasteiger partial charge in [-0.2, -0.15) is 0 Å². The Labute approximate surface area is 141 Å². The Morgan fingerprint density at radius 2 is 1.71 bits per heavy atom. The quantitative estimate of drug-likeness (QED) is 0.849. The van der Waals surface area contributed by atoms with Crippen molar-refractivity contribution in [2.75, 3.05) is 13.1 Å². The molecule has 1 N–H and O–H groups in total. The topological polar surface area (TPSA) is 49.4 Å². The third-order valence-electron chi connectivity index (χ3n) is 3.57. The maximum atomic E-state index is 12.9. The predicted octanol–water partition coefficient (Wildman–Crippen LogP) is 2.99. The number of hydrogen-bond acceptors (Lipinski definition) is 2. The Balaban J connectivity index is 1.92. The number of carbonyl (C=O) groups excluding carboxylic acids is 2. The van der Waals surface area contributed by atoms with E-state index in [1.54, 1.807) is 4.90 Å². The first-order valence-electron chi connectivity index (χ1n) is 7.95. The lowest BCUT2D eigenvalue weighted by atomic mass is 10.2. The summed E-state index contributed by atoms with van der Waals surface area (Å²) in [4.78, 5) is 26.1. The number of rotatable bonds is 7. The molecule has 0 unspecified atom stereocenters. The fourth-order valence-corrected chi connectivity index (χ4v) is 2.34. The molecule has 5 heteroatoms. The van der Waals surface area contributed by atoms with E-state index < -0.39 is 5.82 Å². The van der Waals surface area contributed by atoms with Crippen LogP contribution in [0.4, 0.5) is 4.39 Å². The lowest BCUT2D eigenvalue weighted by Crippen LogP contribution is -2.40. The molecule has 2 rings (SSSR count). The molecular weight excluding hydrogens is 307 g/mol. The number of hydrogen-bond donors (Lipinski definition) is 1. The second-order valence-corrected chi connectivity index (χ2v) is 5.49. The van der Waals surface area contributed by atoms with Crippen molar-refractivity contribution in [3.05, 3.63) is 71.5 Å². The molecule has 0 aliphatic carbocycles. The Morgan fingerprint density at radius 3 is 2.33 bits per heavy atom. The minimum Gasteiger partial charge on any atom is -0.343 e. The van der Waals surface area contributed by atoms with Crippen LogP contribution in [-0.4, -0.2) is 29.8 Å². The molecule has 2 amide bonds. The summed E-state index contributed by atoms with van der Waals surface area (Å²) in [5.41, 5.74) is 1.37. The van der Waals surface area contributed by atoms with Gasteiger partial charge in [0.2, 0.25) is 5.91 Å². The zero-order valence-corrected chi connectivity index (χ0v) is 13.7. The molecule has 0 heterocycles. The molecule has 0 saturated carbocycles. The van der Waals surface area contributed by atoms with E-state index in [0.29, 0.717) is 18.7 Å². The average molecular weight is 328 g/mol. The Hall–Kier alpha value is -2.69. The number of nitrogens with zero attached hydrogens (tertiary/aromatic N) is 1. The van der Waals surface area contributed by atoms with Crippen molar-refractivity contribution in [1.82, 2.24) is 10.2 Å². The summed E-state index contributed by atoms with van der Waals surface area (Å²) in [6, 6.07) is 14.9. The van der Waals surface area contributed by atoms with Crippen LogP contribution in [0.1, 0.15) is 29.3 Å². The number of amides is 2. The van der Waals surface area contributed by atoms with Crippen molar-refractivity contribution in [3.8, 4) is 0 Å². The summed E-state index contributed by atoms with van der Waals surface area (Å²) in [7, 11) is 0. The van der Waals surface area contributed by atoms with Crippen LogP contribution in [-0.2, 0) is 11.3 Å². The largest absolute Gasteiger partial charge is 0.343 e. The lowest BCUT2D eigenvalue weighted by Gasteiger charge is -2.22. The summed E-state index contributed by atoms with van der Waals surface area (Å²) < 4.78 is 12.9. The van der Waals surface area contributed by atoms with Gasteiger partial charge in [-0.1, -0.05) is 37.3 Å². The third-order valence-corrected chi connectivity index (χ3v) is 3.57. The summed E-state index contributed by atoms with van der Waals surface area (Å²) in [5.74, 6) is -0.935. The molecule has 2 aromatic rings. The SMILES string of the molecule is CCCN(Cc1ccccc1)C(=O)CNC(=O)c1ccc(F)cc1. The van der Waals surface area contributed by atoms with Crippen molar-refractivity contribution in [1.29, 1.82) is 0 Å². The average Bonchev–Trinajstić information content (AvgIpc) is 2.60. The molecule has 0 aliphatic heterocycles. The van der Waals surface area contributed by atoms with Gasteiger partial charge < -0.3 is 10.2 Å². The van der Waals surface area contributed by atoms with Crippen LogP contribution < -0.4 is 5.32 Å². The highest BCUT2D eigenvalue weighted by atomic mass is 19.1. The van der Waals surface area contributed by atoms with Crippen LogP contribution in [0.15, 0.2) is 54.6 Å². The Morgan fingerprint density at radius 1 is 1.04 bits per heavy atom. The first kappa shape index (κ1) is 17.7. The Bertz CT molecular complexity index is 672. The first-order chi connectivity index (χ1) is 11.6. The second kappa shape index (κ2) is 8.82. The van der Waals surface area contributed by atoms with Crippen LogP contribution in [0.5, 0.6) is 0 Å². The summed E-state index contributed by atoms with van der Waals surface area (Å²) in [6.45, 7) is 3.06. The summed E-state index contributed by atoms with van der Waals surface area (Å²) >= 11 is 0. The minimum absolute atomic E-state index is 0.0803. The van der Waals surface area contributed by atoms with Gasteiger partial charge in [-0.05, 0) is 36.2 Å². The highest BCUT2D eigenvalue weighted by Crippen LogP contribution is 2.06. The molecule has 0 saturated heterocycles. The maximum absolute atomic E-state index is 12.9. The molecule has 126 valence electrons. The molecule has 0 radical (unpaired) electrons. The van der Waals surface area contributed by atoms with Crippen LogP contribution in [0.2, 0.25) is 0 Å². The lowest BCUT2D eigenvalue weighted by molar-refractivity contribution is -0.130. The summed E-state index contributed by atoms with van der Waals surface area (Å²) in [6.07, 6.45) is 0.838. The minimum atomic E-state index is -0.403. The fraction of sp³-hybridized carbons (Fsp3) is 0.263. The van der Waals surface area contributed by atoms with Gasteiger partial charge in [-0.25, -0.2) is 4.39 Å². The van der Waals surface area contributed by atoms with Crippen molar-refractivity contribution < 1.29 is 14.0 Å². The van der Waals surface area contributed by atoms with E-state index in [2.05, 4.69) is 5.32 Å². The van der Waals surface area contributed by atoms with Crippen molar-refractivity contribution in [3.63, 3.8) is 0 Å². The number of benzene rings is 2. The Kier molecular flexibility index (Phi) is 6.49. The van der Waals surface area contributed by atoms with E-state index in [4.69, 9.17) is 0 Å². The maximum Gasteiger partial charge on any atom is 0.251 e. The smallest absolute Gasteiger partial charge is 0.251 e. The van der Waals surface area contributed by atoms with Gasteiger partial charge in [0.25, 0.3) is 5.91 Å². The molecule has 0 spiro atoms. The standard InChI is InChI=1S/C19H21FN2O2/c1-2-12-22(14-15-6-4-3-5-7-15)18(23)13-21-19(24)16-8-10-17(20)11-9-16/h3-11H,2,12-14H2,1H3,(H,21,24). The number of nitrogens with one attached hydrogen (secondary N) is 1. The normalized spacial score (nSPS) is 10.2. The van der Waals surface area contributed by atoms with Gasteiger partial charge in [0, 0.05) is 18.7 Å². The van der Waals surface area contributed by atoms with Gasteiger partial charge in [0.15, 0.2) is 0 Å². The molecule has 0 fully saturated rings. The van der Waals surface area contributed by atoms with E-state index in [1.165, 1.54) is 24.3 Å². The molecular formula is C19H21FN2O2. The zero-order valence-electron chi connectivity index (χ0n) is 13.7. The van der Waals surface area contributed by atoms with Crippen molar-refractivity contribution >= 4 is 11.8 Å². The zero-order chi connectivity index (χ0) is 17.4. The van der Waals surface area contributed by atoms with E-state index in [1.807, 2.05) is 37.3 Å². The van der Waals surface area contributed by atoms with E-state index >= 15 is 0 Å². The van der Waals surface area contributed by atoms with E-state index in [-0.39, 0.29) is 18.4 Å². The fourth-order valence-electron chi connectivity index (χ4n) is 2.34. The molecule has 0 aliphatic rings. The molecule has 0 atom stereocenters. The van der Waals surface area contributed by atoms with E-state index in [0.717, 1.165) is 12.0 Å². The third kappa shape index (κ3) is 5.19. The summed E-state index contributed by atoms with van der Waals surface area (Å²) in [5, 5.41) is 2.59. The molecule has 0 bridgehead atoms. The van der Waals surface area contributed by atoms with Gasteiger partial charge in [-0.15, -0.1) is 0 Å². The molecule has 4 nitrogen and oxygen atoms in total. The monoisotopic (exact) mass is 328 g/mol. The van der Waals surface area contributed by atoms with Crippen LogP contribution >= 0.6 is 0 Å². The second-order valence-electron chi connectivity index (χ2n) is 5.49.